The van der Waals surface area contributed by atoms with E-state index >= 15 is 0 Å². The first kappa shape index (κ1) is 4.59. The van der Waals surface area contributed by atoms with E-state index < -0.39 is 12.3 Å². The summed E-state index contributed by atoms with van der Waals surface area (Å²) in [5.74, 6) is 0. The Balaban J connectivity index is 2.93. The van der Waals surface area contributed by atoms with Crippen molar-refractivity contribution in [1.82, 2.24) is 0 Å². The van der Waals surface area contributed by atoms with E-state index in [0.29, 0.717) is 0 Å². The van der Waals surface area contributed by atoms with Crippen LogP contribution in [-0.4, -0.2) is 0 Å². The van der Waals surface area contributed by atoms with Crippen molar-refractivity contribution in [1.29, 1.82) is 0 Å². The Kier molecular flexibility index (Phi) is 3.30. The van der Waals surface area contributed by atoms with E-state index in [0.717, 1.165) is 0 Å². The van der Waals surface area contributed by atoms with E-state index in [1.54, 1.807) is 0 Å². The molecular weight excluding hydrogens is 93.1 g/mol. The smallest absolute Gasteiger partial charge is 0.143 e. The highest BCUT2D eigenvalue weighted by atomic mass is 32.2. The first-order chi connectivity index (χ1) is 2.41. The molecule has 0 aliphatic carbocycles. The van der Waals surface area contributed by atoms with E-state index in [-0.39, 0.29) is 0 Å². The van der Waals surface area contributed by atoms with Crippen LogP contribution in [0.15, 0.2) is 4.52 Å². The molecule has 0 amide bonds. The molecule has 5 heavy (non-hydrogen) atoms. The predicted molar refractivity (Wildman–Crippen MR) is 17.8 cm³/mol. The summed E-state index contributed by atoms with van der Waals surface area (Å²) in [6, 6.07) is 0. The quantitative estimate of drug-likeness (QED) is 0.211. The van der Waals surface area contributed by atoms with Gasteiger partial charge in [-0.3, -0.25) is 0 Å². The molecule has 0 heterocycles. The molecule has 0 aliphatic heterocycles. The minimum Gasteiger partial charge on any atom is -0.157 e. The first-order valence-electron chi connectivity index (χ1n) is 0.737. The molecular formula is FN3S. The maximum Gasteiger partial charge on any atom is 0.143 e. The highest BCUT2D eigenvalue weighted by Crippen LogP contribution is 1.98. The normalized spacial score (nSPS) is 5.80. The molecule has 0 spiro atoms. The fourth-order valence-electron chi connectivity index (χ4n) is 0.0138. The molecule has 0 unspecified atom stereocenters. The van der Waals surface area contributed by atoms with Crippen molar-refractivity contribution in [2.24, 2.45) is 4.52 Å². The van der Waals surface area contributed by atoms with Crippen molar-refractivity contribution in [3.05, 3.63) is 10.4 Å². The lowest BCUT2D eigenvalue weighted by Crippen LogP contribution is -1.14. The van der Waals surface area contributed by atoms with Crippen molar-refractivity contribution >= 4 is 12.3 Å². The lowest BCUT2D eigenvalue weighted by atomic mass is 13.0. The average Bonchev–Trinajstić information content (AvgIpc) is 1.41. The third-order valence-electron chi connectivity index (χ3n) is 0.0674. The number of hydrogen-bond donors (Lipinski definition) is 0. The van der Waals surface area contributed by atoms with Gasteiger partial charge in [-0.05, 0) is 5.53 Å². The van der Waals surface area contributed by atoms with Gasteiger partial charge in [-0.1, -0.05) is 0 Å². The highest BCUT2D eigenvalue weighted by molar-refractivity contribution is 7.92. The summed E-state index contributed by atoms with van der Waals surface area (Å²) in [7, 11) is 0. The van der Waals surface area contributed by atoms with Crippen molar-refractivity contribution in [3.8, 4) is 0 Å². The van der Waals surface area contributed by atoms with Crippen LogP contribution in [0.3, 0.4) is 0 Å². The molecule has 0 saturated carbocycles. The molecule has 0 atom stereocenters. The zero-order chi connectivity index (χ0) is 4.12. The Hall–Kier alpha value is -0.410. The van der Waals surface area contributed by atoms with Gasteiger partial charge in [0.25, 0.3) is 0 Å². The lowest BCUT2D eigenvalue weighted by molar-refractivity contribution is 0.938. The molecule has 0 saturated heterocycles. The molecule has 0 aromatic carbocycles. The molecule has 3 nitrogen and oxygen atoms in total. The minimum absolute atomic E-state index is 0.390. The van der Waals surface area contributed by atoms with E-state index in [9.17, 15) is 3.89 Å². The second-order valence-corrected chi connectivity index (χ2v) is 0.541. The summed E-state index contributed by atoms with van der Waals surface area (Å²) in [5, 5.41) is 0. The highest BCUT2D eigenvalue weighted by Gasteiger charge is 1.58. The zero-order valence-electron chi connectivity index (χ0n) is 2.13. The number of hydrogen-bond acceptors (Lipinski definition) is 2. The maximum atomic E-state index is 10.5. The van der Waals surface area contributed by atoms with Gasteiger partial charge < -0.3 is 0 Å². The van der Waals surface area contributed by atoms with E-state index in [2.05, 4.69) is 9.43 Å². The van der Waals surface area contributed by atoms with Crippen LogP contribution in [0.25, 0.3) is 10.4 Å². The van der Waals surface area contributed by atoms with Crippen LogP contribution in [0.1, 0.15) is 0 Å². The van der Waals surface area contributed by atoms with Crippen LogP contribution in [0.5, 0.6) is 0 Å². The number of azide groups is 1. The summed E-state index contributed by atoms with van der Waals surface area (Å²) in [4.78, 5) is 2.07. The molecule has 0 bridgehead atoms. The average molecular weight is 93.1 g/mol. The van der Waals surface area contributed by atoms with Gasteiger partial charge in [-0.2, -0.15) is 3.89 Å². The van der Waals surface area contributed by atoms with Gasteiger partial charge in [0, 0.05) is 9.43 Å². The molecule has 0 aromatic heterocycles. The Labute approximate surface area is 32.2 Å². The van der Waals surface area contributed by atoms with Crippen LogP contribution in [0.2, 0.25) is 0 Å². The lowest BCUT2D eigenvalue weighted by Gasteiger charge is -1.51. The molecule has 0 fully saturated rings. The summed E-state index contributed by atoms with van der Waals surface area (Å²) < 4.78 is 12.9. The fourth-order valence-corrected chi connectivity index (χ4v) is 0.0414. The third kappa shape index (κ3) is 3.59. The summed E-state index contributed by atoms with van der Waals surface area (Å²) >= 11 is -0.390. The standard InChI is InChI=1S/FN3S/c1-5-4-3-2. The van der Waals surface area contributed by atoms with Gasteiger partial charge in [-0.15, -0.1) is 0 Å². The van der Waals surface area contributed by atoms with E-state index in [1.807, 2.05) is 0 Å². The van der Waals surface area contributed by atoms with Gasteiger partial charge in [0.2, 0.25) is 0 Å². The van der Waals surface area contributed by atoms with Crippen LogP contribution in [0.4, 0.5) is 3.89 Å². The summed E-state index contributed by atoms with van der Waals surface area (Å²) in [5.41, 5.74) is 7.26. The number of rotatable bonds is 1. The van der Waals surface area contributed by atoms with Crippen molar-refractivity contribution in [3.63, 3.8) is 0 Å². The van der Waals surface area contributed by atoms with Gasteiger partial charge in [0.05, 0.1) is 0 Å². The SMILES string of the molecule is [N-]=[N+]=NSF. The molecule has 5 heteroatoms. The van der Waals surface area contributed by atoms with Gasteiger partial charge in [0.1, 0.15) is 12.3 Å². The van der Waals surface area contributed by atoms with Crippen LogP contribution in [-0.2, 0) is 0 Å². The molecule has 0 aliphatic rings. The van der Waals surface area contributed by atoms with E-state index in [1.165, 1.54) is 0 Å². The third-order valence-corrected chi connectivity index (χ3v) is 0.202. The second kappa shape index (κ2) is 3.59. The molecule has 0 N–H and O–H groups in total. The van der Waals surface area contributed by atoms with Crippen LogP contribution in [0, 0.1) is 0 Å². The Morgan fingerprint density at radius 2 is 2.60 bits per heavy atom. The largest absolute Gasteiger partial charge is 0.157 e. The monoisotopic (exact) mass is 93.0 g/mol. The van der Waals surface area contributed by atoms with Crippen molar-refractivity contribution in [2.45, 2.75) is 0 Å². The van der Waals surface area contributed by atoms with Gasteiger partial charge in [-0.25, -0.2) is 0 Å². The Morgan fingerprint density at radius 3 is 2.60 bits per heavy atom. The summed E-state index contributed by atoms with van der Waals surface area (Å²) in [6.07, 6.45) is 0. The zero-order valence-corrected chi connectivity index (χ0v) is 2.94. The predicted octanol–water partition coefficient (Wildman–Crippen LogP) is 1.83. The molecule has 0 rings (SSSR count). The topological polar surface area (TPSA) is 48.8 Å². The van der Waals surface area contributed by atoms with Gasteiger partial charge in [0.15, 0.2) is 0 Å². The number of halogens is 1. The van der Waals surface area contributed by atoms with Crippen molar-refractivity contribution < 1.29 is 3.89 Å². The fraction of sp³-hybridized carbons (Fsp3) is 0. The second-order valence-electron chi connectivity index (χ2n) is 0.240. The Morgan fingerprint density at radius 1 is 2.00 bits per heavy atom. The first-order valence-corrected chi connectivity index (χ1v) is 1.41. The van der Waals surface area contributed by atoms with Crippen LogP contribution < -0.4 is 0 Å². The van der Waals surface area contributed by atoms with Gasteiger partial charge >= 0.3 is 0 Å². The minimum atomic E-state index is -0.390. The summed E-state index contributed by atoms with van der Waals surface area (Å²) in [6.45, 7) is 0. The van der Waals surface area contributed by atoms with Crippen molar-refractivity contribution in [2.75, 3.05) is 0 Å². The number of nitrogens with zero attached hydrogens (tertiary/aromatic N) is 3. The molecule has 0 radical (unpaired) electrons. The molecule has 0 aromatic rings. The van der Waals surface area contributed by atoms with Crippen LogP contribution >= 0.6 is 12.3 Å². The van der Waals surface area contributed by atoms with E-state index in [4.69, 9.17) is 5.53 Å². The Bertz CT molecular complexity index is 53.9. The maximum absolute atomic E-state index is 10.5. The molecule has 28 valence electrons.